The van der Waals surface area contributed by atoms with Crippen LogP contribution >= 0.6 is 11.8 Å². The van der Waals surface area contributed by atoms with E-state index < -0.39 is 11.7 Å². The highest BCUT2D eigenvalue weighted by molar-refractivity contribution is 7.98. The van der Waals surface area contributed by atoms with Gasteiger partial charge >= 0.3 is 12.3 Å². The Hall–Kier alpha value is -3.42. The van der Waals surface area contributed by atoms with Crippen LogP contribution in [0.2, 0.25) is 0 Å². The maximum absolute atomic E-state index is 12.9. The number of nitrogens with zero attached hydrogens (tertiary/aromatic N) is 4. The van der Waals surface area contributed by atoms with E-state index in [1.165, 1.54) is 23.9 Å². The van der Waals surface area contributed by atoms with Gasteiger partial charge < -0.3 is 10.6 Å². The molecule has 1 aromatic carbocycles. The number of ketones is 1. The summed E-state index contributed by atoms with van der Waals surface area (Å²) in [6.07, 6.45) is -1.97. The summed E-state index contributed by atoms with van der Waals surface area (Å²) in [6.45, 7) is 2.21. The Morgan fingerprint density at radius 1 is 1.28 bits per heavy atom. The number of anilines is 2. The molecule has 2 N–H and O–H groups in total. The molecule has 0 unspecified atom stereocenters. The van der Waals surface area contributed by atoms with Crippen molar-refractivity contribution >= 4 is 35.5 Å². The summed E-state index contributed by atoms with van der Waals surface area (Å²) in [5.41, 5.74) is 5.43. The summed E-state index contributed by atoms with van der Waals surface area (Å²) in [6, 6.07) is 6.74. The maximum Gasteiger partial charge on any atom is 0.416 e. The lowest BCUT2D eigenvalue weighted by Crippen LogP contribution is -2.33. The molecule has 0 fully saturated rings. The van der Waals surface area contributed by atoms with Crippen LogP contribution in [0.1, 0.15) is 30.0 Å². The summed E-state index contributed by atoms with van der Waals surface area (Å²) in [5.74, 6) is -0.0667. The number of aromatic nitrogens is 2. The van der Waals surface area contributed by atoms with Gasteiger partial charge in [-0.1, -0.05) is 25.1 Å². The fraction of sp³-hybridized carbons (Fsp3) is 0.350. The van der Waals surface area contributed by atoms with Crippen LogP contribution in [0.5, 0.6) is 0 Å². The highest BCUT2D eigenvalue weighted by Crippen LogP contribution is 2.30. The van der Waals surface area contributed by atoms with Crippen molar-refractivity contribution in [2.45, 2.75) is 31.0 Å². The molecule has 0 saturated carbocycles. The average Bonchev–Trinajstić information content (AvgIpc) is 2.73. The second kappa shape index (κ2) is 12.4. The number of hydrogen-bond acceptors (Lipinski definition) is 9. The molecule has 0 bridgehead atoms. The van der Waals surface area contributed by atoms with Gasteiger partial charge in [0.1, 0.15) is 16.7 Å². The predicted molar refractivity (Wildman–Crippen MR) is 111 cm³/mol. The Kier molecular flexibility index (Phi) is 10.3. The van der Waals surface area contributed by atoms with Gasteiger partial charge in [-0.25, -0.2) is 4.98 Å². The number of halogens is 3. The number of carbonyl (C=O) groups is 1. The Balaban J connectivity index is 0.00000161. The van der Waals surface area contributed by atoms with Gasteiger partial charge in [0.2, 0.25) is 5.95 Å². The number of nitrogens with two attached hydrogens (primary N) is 1. The van der Waals surface area contributed by atoms with E-state index in [2.05, 4.69) is 9.97 Å². The normalized spacial score (nSPS) is 10.4. The van der Waals surface area contributed by atoms with Crippen LogP contribution in [0.3, 0.4) is 0 Å². The Labute approximate surface area is 186 Å². The van der Waals surface area contributed by atoms with Crippen molar-refractivity contribution in [1.29, 1.82) is 5.26 Å². The molecule has 8 nitrogen and oxygen atoms in total. The van der Waals surface area contributed by atoms with Gasteiger partial charge in [-0.05, 0) is 24.3 Å². The Morgan fingerprint density at radius 3 is 2.47 bits per heavy atom. The van der Waals surface area contributed by atoms with Crippen LogP contribution < -0.4 is 10.6 Å². The van der Waals surface area contributed by atoms with Crippen LogP contribution in [-0.4, -0.2) is 41.2 Å². The lowest BCUT2D eigenvalue weighted by Gasteiger charge is -2.24. The number of benzene rings is 1. The monoisotopic (exact) mass is 467 g/mol. The molecular weight excluding hydrogens is 447 g/mol. The summed E-state index contributed by atoms with van der Waals surface area (Å²) >= 11 is 1.24. The van der Waals surface area contributed by atoms with E-state index >= 15 is 0 Å². The van der Waals surface area contributed by atoms with Crippen LogP contribution in [0.4, 0.5) is 24.9 Å². The molecule has 170 valence electrons. The molecule has 0 aliphatic heterocycles. The third-order valence-corrected chi connectivity index (χ3v) is 4.68. The van der Waals surface area contributed by atoms with Crippen molar-refractivity contribution in [3.05, 3.63) is 41.0 Å². The van der Waals surface area contributed by atoms with Crippen molar-refractivity contribution in [3.63, 3.8) is 0 Å². The van der Waals surface area contributed by atoms with E-state index in [1.54, 1.807) is 11.2 Å². The smallest absolute Gasteiger partial charge is 0.368 e. The molecule has 2 aromatic rings. The summed E-state index contributed by atoms with van der Waals surface area (Å²) in [7, 11) is 0. The zero-order valence-electron chi connectivity index (χ0n) is 17.3. The minimum absolute atomic E-state index is 0.0187. The van der Waals surface area contributed by atoms with E-state index in [9.17, 15) is 23.2 Å². The second-order valence-electron chi connectivity index (χ2n) is 6.32. The summed E-state index contributed by atoms with van der Waals surface area (Å²) < 4.78 is 38.6. The average molecular weight is 467 g/mol. The first-order valence-electron chi connectivity index (χ1n) is 9.14. The molecule has 0 aliphatic rings. The highest BCUT2D eigenvalue weighted by Gasteiger charge is 2.30. The van der Waals surface area contributed by atoms with Gasteiger partial charge in [0, 0.05) is 13.0 Å². The van der Waals surface area contributed by atoms with Crippen molar-refractivity contribution in [1.82, 2.24) is 9.97 Å². The third-order valence-electron chi connectivity index (χ3n) is 4.00. The molecule has 12 heteroatoms. The molecule has 32 heavy (non-hydrogen) atoms. The van der Waals surface area contributed by atoms with E-state index in [0.717, 1.165) is 12.1 Å². The van der Waals surface area contributed by atoms with Gasteiger partial charge in [-0.2, -0.15) is 33.0 Å². The first-order valence-corrected chi connectivity index (χ1v) is 10.4. The number of carbonyl (C=O) groups excluding carboxylic acids is 3. The first kappa shape index (κ1) is 26.6. The van der Waals surface area contributed by atoms with Crippen molar-refractivity contribution in [2.24, 2.45) is 0 Å². The van der Waals surface area contributed by atoms with Gasteiger partial charge in [0.15, 0.2) is 11.6 Å². The summed E-state index contributed by atoms with van der Waals surface area (Å²) in [5, 5.41) is 9.92. The van der Waals surface area contributed by atoms with Gasteiger partial charge in [0.05, 0.1) is 12.1 Å². The number of thioether (sulfide) groups is 1. The predicted octanol–water partition coefficient (Wildman–Crippen LogP) is 3.12. The quantitative estimate of drug-likeness (QED) is 0.460. The zero-order chi connectivity index (χ0) is 24.3. The number of rotatable bonds is 8. The van der Waals surface area contributed by atoms with Crippen molar-refractivity contribution < 1.29 is 27.6 Å². The molecule has 0 radical (unpaired) electrons. The molecule has 0 saturated heterocycles. The molecule has 0 spiro atoms. The molecule has 0 amide bonds. The fourth-order valence-corrected chi connectivity index (χ4v) is 3.33. The number of alkyl halides is 3. The maximum atomic E-state index is 12.9. The lowest BCUT2D eigenvalue weighted by atomic mass is 10.0. The van der Waals surface area contributed by atoms with Crippen molar-refractivity contribution in [2.75, 3.05) is 30.0 Å². The van der Waals surface area contributed by atoms with Gasteiger partial charge in [-0.3, -0.25) is 4.79 Å². The number of nitrogen functional groups attached to an aromatic ring is 1. The van der Waals surface area contributed by atoms with Gasteiger partial charge in [-0.15, -0.1) is 11.8 Å². The number of nitriles is 1. The molecule has 1 heterocycles. The molecule has 2 rings (SSSR count). The highest BCUT2D eigenvalue weighted by atomic mass is 32.2. The number of hydrogen-bond donors (Lipinski definition) is 1. The largest absolute Gasteiger partial charge is 0.416 e. The first-order chi connectivity index (χ1) is 15.1. The Morgan fingerprint density at radius 2 is 1.94 bits per heavy atom. The molecular formula is C20H20F3N5O3S. The van der Waals surface area contributed by atoms with Crippen LogP contribution in [0.15, 0.2) is 29.3 Å². The topological polar surface area (TPSA) is 130 Å². The molecule has 0 aliphatic carbocycles. The third kappa shape index (κ3) is 7.68. The number of Topliss-reactive ketones (excluding diaryl/α,β-unsaturated/α-hetero) is 1. The standard InChI is InChI=1S/C19H20F3N5OS.CO2/c1-3-7-27(16-15(10-23)17(29-2)26-18(24)25-16)11-14(28)9-12-5-4-6-13(8-12)19(20,21)22;2-1-3/h4-6,8H,3,7,9,11H2,1-2H3,(H2,24,25,26);. The lowest BCUT2D eigenvalue weighted by molar-refractivity contribution is -0.191. The molecule has 1 aromatic heterocycles. The fourth-order valence-electron chi connectivity index (χ4n) is 2.80. The van der Waals surface area contributed by atoms with E-state index in [0.29, 0.717) is 18.0 Å². The minimum atomic E-state index is -4.47. The Bertz CT molecular complexity index is 1020. The van der Waals surface area contributed by atoms with Crippen LogP contribution in [-0.2, 0) is 27.0 Å². The SMILES string of the molecule is CCCN(CC(=O)Cc1cccc(C(F)(F)F)c1)c1nc(N)nc(SC)c1C#N.O=C=O. The summed E-state index contributed by atoms with van der Waals surface area (Å²) in [4.78, 5) is 38.6. The van der Waals surface area contributed by atoms with Gasteiger partial charge in [0.25, 0.3) is 0 Å². The van der Waals surface area contributed by atoms with E-state index in [4.69, 9.17) is 15.3 Å². The zero-order valence-corrected chi connectivity index (χ0v) is 18.1. The molecule has 0 atom stereocenters. The van der Waals surface area contributed by atoms with Crippen LogP contribution in [0, 0.1) is 11.3 Å². The van der Waals surface area contributed by atoms with Crippen LogP contribution in [0.25, 0.3) is 0 Å². The second-order valence-corrected chi connectivity index (χ2v) is 7.11. The van der Waals surface area contributed by atoms with E-state index in [1.807, 2.05) is 13.0 Å². The van der Waals surface area contributed by atoms with Crippen molar-refractivity contribution in [3.8, 4) is 6.07 Å². The minimum Gasteiger partial charge on any atom is -0.368 e. The van der Waals surface area contributed by atoms with E-state index in [-0.39, 0.29) is 47.8 Å².